The minimum absolute atomic E-state index is 1.25. The fourth-order valence-electron chi connectivity index (χ4n) is 2.90. The van der Waals surface area contributed by atoms with Crippen molar-refractivity contribution in [3.8, 4) is 11.1 Å². The summed E-state index contributed by atoms with van der Waals surface area (Å²) in [6.07, 6.45) is 12.2. The molecule has 0 unspecified atom stereocenters. The summed E-state index contributed by atoms with van der Waals surface area (Å²) in [6.45, 7) is 0. The molecular formula is C21H24N2+2. The lowest BCUT2D eigenvalue weighted by Gasteiger charge is -1.97. The van der Waals surface area contributed by atoms with Gasteiger partial charge in [0.05, 0.1) is 0 Å². The van der Waals surface area contributed by atoms with Gasteiger partial charge in [-0.3, -0.25) is 0 Å². The van der Waals surface area contributed by atoms with E-state index < -0.39 is 0 Å². The second kappa shape index (κ2) is 7.19. The Morgan fingerprint density at radius 1 is 0.609 bits per heavy atom. The molecule has 0 saturated carbocycles. The Morgan fingerprint density at radius 3 is 1.39 bits per heavy atom. The van der Waals surface area contributed by atoms with Gasteiger partial charge in [0.25, 0.3) is 0 Å². The maximum Gasteiger partial charge on any atom is 0.169 e. The van der Waals surface area contributed by atoms with Crippen LogP contribution in [-0.2, 0) is 26.9 Å². The second-order valence-corrected chi connectivity index (χ2v) is 6.13. The van der Waals surface area contributed by atoms with Crippen LogP contribution in [-0.4, -0.2) is 0 Å². The normalized spacial score (nSPS) is 12.3. The van der Waals surface area contributed by atoms with Crippen molar-refractivity contribution in [2.75, 3.05) is 0 Å². The monoisotopic (exact) mass is 304 g/mol. The summed E-state index contributed by atoms with van der Waals surface area (Å²) in [5.74, 6) is 0. The van der Waals surface area contributed by atoms with E-state index in [2.05, 4.69) is 73.3 Å². The molecule has 1 aliphatic rings. The average Bonchev–Trinajstić information content (AvgIpc) is 3.06. The number of hydrogen-bond donors (Lipinski definition) is 0. The Kier molecular flexibility index (Phi) is 4.82. The number of benzene rings is 1. The first kappa shape index (κ1) is 15.4. The van der Waals surface area contributed by atoms with Crippen LogP contribution in [0.25, 0.3) is 11.1 Å². The molecule has 3 aromatic rings. The van der Waals surface area contributed by atoms with E-state index in [4.69, 9.17) is 0 Å². The van der Waals surface area contributed by atoms with Crippen LogP contribution >= 0.6 is 0 Å². The molecule has 2 nitrogen and oxygen atoms in total. The van der Waals surface area contributed by atoms with E-state index in [1.165, 1.54) is 30.4 Å². The van der Waals surface area contributed by atoms with Gasteiger partial charge >= 0.3 is 0 Å². The highest BCUT2D eigenvalue weighted by Crippen LogP contribution is 2.20. The zero-order chi connectivity index (χ0) is 16.1. The quantitative estimate of drug-likeness (QED) is 0.610. The second-order valence-electron chi connectivity index (χ2n) is 6.13. The van der Waals surface area contributed by atoms with Gasteiger partial charge in [-0.25, -0.2) is 9.13 Å². The highest BCUT2D eigenvalue weighted by molar-refractivity contribution is 5.60. The molecule has 1 aliphatic carbocycles. The first-order valence-corrected chi connectivity index (χ1v) is 8.20. The van der Waals surface area contributed by atoms with Crippen LogP contribution in [0.5, 0.6) is 0 Å². The predicted octanol–water partition coefficient (Wildman–Crippen LogP) is 3.18. The first-order valence-electron chi connectivity index (χ1n) is 8.20. The predicted molar refractivity (Wildman–Crippen MR) is 92.7 cm³/mol. The van der Waals surface area contributed by atoms with Gasteiger partial charge in [0.15, 0.2) is 24.8 Å². The smallest absolute Gasteiger partial charge is 0.169 e. The third-order valence-corrected chi connectivity index (χ3v) is 4.30. The van der Waals surface area contributed by atoms with Crippen LogP contribution in [0.15, 0.2) is 73.3 Å². The van der Waals surface area contributed by atoms with E-state index in [1.807, 2.05) is 23.2 Å². The van der Waals surface area contributed by atoms with Crippen LogP contribution in [0.1, 0.15) is 17.5 Å². The molecule has 0 spiro atoms. The van der Waals surface area contributed by atoms with Crippen molar-refractivity contribution in [3.63, 3.8) is 0 Å². The molecule has 0 fully saturated rings. The third-order valence-electron chi connectivity index (χ3n) is 4.30. The van der Waals surface area contributed by atoms with Gasteiger partial charge in [0, 0.05) is 24.3 Å². The Balaban J connectivity index is 0.000000149. The molecular weight excluding hydrogens is 280 g/mol. The molecule has 116 valence electrons. The molecule has 1 aromatic carbocycles. The van der Waals surface area contributed by atoms with Gasteiger partial charge in [0.2, 0.25) is 0 Å². The fourth-order valence-corrected chi connectivity index (χ4v) is 2.90. The van der Waals surface area contributed by atoms with Gasteiger partial charge < -0.3 is 0 Å². The third kappa shape index (κ3) is 4.04. The molecule has 0 atom stereocenters. The van der Waals surface area contributed by atoms with Crippen molar-refractivity contribution in [1.29, 1.82) is 0 Å². The molecule has 0 bridgehead atoms. The molecule has 2 aromatic heterocycles. The molecule has 0 N–H and O–H groups in total. The van der Waals surface area contributed by atoms with Crippen LogP contribution in [0, 0.1) is 0 Å². The molecule has 23 heavy (non-hydrogen) atoms. The summed E-state index contributed by atoms with van der Waals surface area (Å²) in [5.41, 5.74) is 5.64. The van der Waals surface area contributed by atoms with Gasteiger partial charge in [-0.05, 0) is 41.5 Å². The standard InChI is InChI=1S/C12H14N2.C9H10/c1-13-7-3-11(4-8-13)12-5-9-14(2)10-6-12;1-2-5-9-7-3-6-8(9)4-1/h3-10H,1-2H3;1-2,4-5H,3,6-7H2/q+2;. The van der Waals surface area contributed by atoms with Crippen molar-refractivity contribution in [3.05, 3.63) is 84.4 Å². The molecule has 2 heterocycles. The van der Waals surface area contributed by atoms with E-state index in [0.717, 1.165) is 0 Å². The lowest BCUT2D eigenvalue weighted by atomic mass is 10.1. The van der Waals surface area contributed by atoms with Crippen molar-refractivity contribution in [2.45, 2.75) is 19.3 Å². The number of fused-ring (bicyclic) bond motifs is 1. The summed E-state index contributed by atoms with van der Waals surface area (Å²) in [4.78, 5) is 0. The number of rotatable bonds is 1. The van der Waals surface area contributed by atoms with Crippen LogP contribution in [0.4, 0.5) is 0 Å². The number of aromatic nitrogens is 2. The zero-order valence-corrected chi connectivity index (χ0v) is 13.9. The highest BCUT2D eigenvalue weighted by Gasteiger charge is 2.07. The van der Waals surface area contributed by atoms with Crippen molar-refractivity contribution >= 4 is 0 Å². The van der Waals surface area contributed by atoms with E-state index >= 15 is 0 Å². The lowest BCUT2D eigenvalue weighted by molar-refractivity contribution is -0.671. The first-order chi connectivity index (χ1) is 11.2. The maximum absolute atomic E-state index is 2.24. The average molecular weight is 304 g/mol. The van der Waals surface area contributed by atoms with E-state index in [-0.39, 0.29) is 0 Å². The summed E-state index contributed by atoms with van der Waals surface area (Å²) in [7, 11) is 4.05. The number of nitrogens with zero attached hydrogens (tertiary/aromatic N) is 2. The molecule has 4 rings (SSSR count). The van der Waals surface area contributed by atoms with E-state index in [0.29, 0.717) is 0 Å². The number of hydrogen-bond acceptors (Lipinski definition) is 0. The lowest BCUT2D eigenvalue weighted by Crippen LogP contribution is -2.26. The van der Waals surface area contributed by atoms with Crippen molar-refractivity contribution in [2.24, 2.45) is 14.1 Å². The van der Waals surface area contributed by atoms with Gasteiger partial charge in [0.1, 0.15) is 14.1 Å². The Hall–Kier alpha value is -2.48. The Labute approximate surface area is 138 Å². The SMILES string of the molecule is C[n+]1ccc(-c2cc[n+](C)cc2)cc1.c1ccc2c(c1)CCC2. The summed E-state index contributed by atoms with van der Waals surface area (Å²) >= 11 is 0. The summed E-state index contributed by atoms with van der Waals surface area (Å²) in [6, 6.07) is 17.2. The highest BCUT2D eigenvalue weighted by atomic mass is 14.9. The summed E-state index contributed by atoms with van der Waals surface area (Å²) in [5, 5.41) is 0. The van der Waals surface area contributed by atoms with E-state index in [1.54, 1.807) is 11.1 Å². The van der Waals surface area contributed by atoms with Gasteiger partial charge in [-0.2, -0.15) is 0 Å². The van der Waals surface area contributed by atoms with Gasteiger partial charge in [-0.1, -0.05) is 24.3 Å². The molecule has 0 radical (unpaired) electrons. The molecule has 2 heteroatoms. The molecule has 0 aliphatic heterocycles. The Bertz CT molecular complexity index is 692. The van der Waals surface area contributed by atoms with Crippen LogP contribution in [0.2, 0.25) is 0 Å². The molecule has 0 saturated heterocycles. The minimum atomic E-state index is 1.25. The summed E-state index contributed by atoms with van der Waals surface area (Å²) < 4.78 is 4.07. The Morgan fingerprint density at radius 2 is 1.00 bits per heavy atom. The van der Waals surface area contributed by atoms with Gasteiger partial charge in [-0.15, -0.1) is 0 Å². The largest absolute Gasteiger partial charge is 0.208 e. The topological polar surface area (TPSA) is 7.76 Å². The fraction of sp³-hybridized carbons (Fsp3) is 0.238. The van der Waals surface area contributed by atoms with Crippen molar-refractivity contribution in [1.82, 2.24) is 0 Å². The van der Waals surface area contributed by atoms with E-state index in [9.17, 15) is 0 Å². The minimum Gasteiger partial charge on any atom is -0.208 e. The zero-order valence-electron chi connectivity index (χ0n) is 13.9. The number of pyridine rings is 2. The van der Waals surface area contributed by atoms with Crippen LogP contribution < -0.4 is 9.13 Å². The number of aryl methyl sites for hydroxylation is 4. The van der Waals surface area contributed by atoms with Crippen molar-refractivity contribution < 1.29 is 9.13 Å². The molecule has 0 amide bonds. The van der Waals surface area contributed by atoms with Crippen LogP contribution in [0.3, 0.4) is 0 Å². The maximum atomic E-state index is 2.24.